The molecule has 2 rings (SSSR count). The van der Waals surface area contributed by atoms with E-state index in [9.17, 15) is 22.4 Å². The zero-order valence-corrected chi connectivity index (χ0v) is 11.0. The van der Waals surface area contributed by atoms with Crippen molar-refractivity contribution in [3.05, 3.63) is 40.9 Å². The molecular weight excluding hydrogens is 296 g/mol. The maximum atomic E-state index is 12.7. The van der Waals surface area contributed by atoms with Crippen LogP contribution in [0.3, 0.4) is 0 Å². The van der Waals surface area contributed by atoms with E-state index in [1.807, 2.05) is 0 Å². The molecule has 20 heavy (non-hydrogen) atoms. The molecule has 0 saturated carbocycles. The van der Waals surface area contributed by atoms with E-state index in [1.54, 1.807) is 4.90 Å². The van der Waals surface area contributed by atoms with E-state index in [1.165, 1.54) is 30.1 Å². The number of allylic oxidation sites excluding steroid dienone is 1. The van der Waals surface area contributed by atoms with Gasteiger partial charge in [0.25, 0.3) is 5.78 Å². The number of carbonyl (C=O) groups is 1. The molecule has 0 unspecified atom stereocenters. The second-order valence-corrected chi connectivity index (χ2v) is 5.22. The average molecular weight is 306 g/mol. The maximum Gasteiger partial charge on any atom is 0.454 e. The number of ketones is 1. The first kappa shape index (κ1) is 14.8. The highest BCUT2D eigenvalue weighted by Crippen LogP contribution is 2.30. The monoisotopic (exact) mass is 306 g/mol. The molecule has 1 fully saturated rings. The van der Waals surface area contributed by atoms with Gasteiger partial charge in [0.1, 0.15) is 0 Å². The first-order valence-corrected chi connectivity index (χ1v) is 6.66. The SMILES string of the molecule is O=C(C=C1SCCN1Cc1ccc(F)nc1)C(F)(F)F. The average Bonchev–Trinajstić information content (AvgIpc) is 2.78. The Morgan fingerprint density at radius 1 is 1.45 bits per heavy atom. The molecular formula is C12H10F4N2OS. The van der Waals surface area contributed by atoms with Crippen molar-refractivity contribution in [1.29, 1.82) is 0 Å². The molecule has 8 heteroatoms. The zero-order valence-electron chi connectivity index (χ0n) is 10.2. The van der Waals surface area contributed by atoms with Gasteiger partial charge < -0.3 is 4.90 Å². The Morgan fingerprint density at radius 3 is 2.80 bits per heavy atom. The number of halogens is 4. The van der Waals surface area contributed by atoms with E-state index in [0.717, 1.165) is 0 Å². The van der Waals surface area contributed by atoms with E-state index >= 15 is 0 Å². The van der Waals surface area contributed by atoms with Crippen LogP contribution in [0.25, 0.3) is 0 Å². The molecule has 1 aliphatic heterocycles. The van der Waals surface area contributed by atoms with Gasteiger partial charge in [-0.25, -0.2) is 4.98 Å². The zero-order chi connectivity index (χ0) is 14.8. The largest absolute Gasteiger partial charge is 0.454 e. The maximum absolute atomic E-state index is 12.7. The van der Waals surface area contributed by atoms with Gasteiger partial charge in [0.15, 0.2) is 0 Å². The third-order valence-electron chi connectivity index (χ3n) is 2.62. The molecule has 0 atom stereocenters. The molecule has 3 nitrogen and oxygen atoms in total. The van der Waals surface area contributed by atoms with E-state index in [0.29, 0.717) is 23.9 Å². The Balaban J connectivity index is 2.09. The molecule has 0 N–H and O–H groups in total. The van der Waals surface area contributed by atoms with Gasteiger partial charge in [-0.3, -0.25) is 4.79 Å². The van der Waals surface area contributed by atoms with Crippen molar-refractivity contribution >= 4 is 17.5 Å². The fourth-order valence-electron chi connectivity index (χ4n) is 1.67. The van der Waals surface area contributed by atoms with E-state index in [-0.39, 0.29) is 11.6 Å². The Bertz CT molecular complexity index is 527. The van der Waals surface area contributed by atoms with E-state index in [4.69, 9.17) is 0 Å². The second-order valence-electron chi connectivity index (χ2n) is 4.10. The van der Waals surface area contributed by atoms with Crippen molar-refractivity contribution in [2.45, 2.75) is 12.7 Å². The lowest BCUT2D eigenvalue weighted by atomic mass is 10.2. The van der Waals surface area contributed by atoms with Crippen molar-refractivity contribution in [2.24, 2.45) is 0 Å². The number of rotatable bonds is 3. The van der Waals surface area contributed by atoms with Crippen LogP contribution in [0.2, 0.25) is 0 Å². The first-order chi connectivity index (χ1) is 9.36. The molecule has 108 valence electrons. The molecule has 0 amide bonds. The van der Waals surface area contributed by atoms with Crippen molar-refractivity contribution in [1.82, 2.24) is 9.88 Å². The van der Waals surface area contributed by atoms with Crippen molar-refractivity contribution in [3.63, 3.8) is 0 Å². The lowest BCUT2D eigenvalue weighted by molar-refractivity contribution is -0.165. The van der Waals surface area contributed by atoms with Crippen LogP contribution in [-0.2, 0) is 11.3 Å². The van der Waals surface area contributed by atoms with Crippen molar-refractivity contribution < 1.29 is 22.4 Å². The van der Waals surface area contributed by atoms with Crippen LogP contribution < -0.4 is 0 Å². The normalized spacial score (nSPS) is 17.8. The summed E-state index contributed by atoms with van der Waals surface area (Å²) < 4.78 is 49.4. The molecule has 0 bridgehead atoms. The number of nitrogens with zero attached hydrogens (tertiary/aromatic N) is 2. The molecule has 1 saturated heterocycles. The summed E-state index contributed by atoms with van der Waals surface area (Å²) in [5.41, 5.74) is 0.666. The molecule has 0 spiro atoms. The Morgan fingerprint density at radius 2 is 2.20 bits per heavy atom. The number of pyridine rings is 1. The third-order valence-corrected chi connectivity index (χ3v) is 3.68. The van der Waals surface area contributed by atoms with E-state index < -0.39 is 17.9 Å². The van der Waals surface area contributed by atoms with Crippen LogP contribution >= 0.6 is 11.8 Å². The highest BCUT2D eigenvalue weighted by atomic mass is 32.2. The smallest absolute Gasteiger partial charge is 0.361 e. The van der Waals surface area contributed by atoms with Crippen LogP contribution in [0.1, 0.15) is 5.56 Å². The van der Waals surface area contributed by atoms with E-state index in [2.05, 4.69) is 4.98 Å². The minimum Gasteiger partial charge on any atom is -0.361 e. The minimum atomic E-state index is -4.86. The van der Waals surface area contributed by atoms with Gasteiger partial charge in [-0.15, -0.1) is 11.8 Å². The predicted molar refractivity (Wildman–Crippen MR) is 66.2 cm³/mol. The summed E-state index contributed by atoms with van der Waals surface area (Å²) in [6.07, 6.45) is -2.94. The molecule has 0 aliphatic carbocycles. The first-order valence-electron chi connectivity index (χ1n) is 5.67. The summed E-state index contributed by atoms with van der Waals surface area (Å²) in [7, 11) is 0. The molecule has 2 heterocycles. The lowest BCUT2D eigenvalue weighted by Crippen LogP contribution is -2.23. The Hall–Kier alpha value is -1.57. The molecule has 0 radical (unpaired) electrons. The summed E-state index contributed by atoms with van der Waals surface area (Å²) >= 11 is 1.19. The summed E-state index contributed by atoms with van der Waals surface area (Å²) in [4.78, 5) is 16.1. The van der Waals surface area contributed by atoms with Gasteiger partial charge >= 0.3 is 6.18 Å². The standard InChI is InChI=1S/C12H10F4N2OS/c13-10-2-1-8(6-17-10)7-18-3-4-20-11(18)5-9(19)12(14,15)16/h1-2,5-6H,3-4,7H2. The summed E-state index contributed by atoms with van der Waals surface area (Å²) in [5.74, 6) is -1.89. The third kappa shape index (κ3) is 3.72. The number of aromatic nitrogens is 1. The van der Waals surface area contributed by atoms with Gasteiger partial charge in [-0.1, -0.05) is 6.07 Å². The highest BCUT2D eigenvalue weighted by Gasteiger charge is 2.37. The summed E-state index contributed by atoms with van der Waals surface area (Å²) in [5, 5.41) is 0.275. The summed E-state index contributed by atoms with van der Waals surface area (Å²) in [6.45, 7) is 0.816. The Labute approximate surface area is 116 Å². The van der Waals surface area contributed by atoms with Crippen LogP contribution in [0, 0.1) is 5.95 Å². The number of hydrogen-bond donors (Lipinski definition) is 0. The van der Waals surface area contributed by atoms with Gasteiger partial charge in [0.2, 0.25) is 5.95 Å². The summed E-state index contributed by atoms with van der Waals surface area (Å²) in [6, 6.07) is 2.69. The number of hydrogen-bond acceptors (Lipinski definition) is 4. The Kier molecular flexibility index (Phi) is 4.32. The molecule has 0 aromatic carbocycles. The predicted octanol–water partition coefficient (Wildman–Crippen LogP) is 2.74. The van der Waals surface area contributed by atoms with Crippen molar-refractivity contribution in [2.75, 3.05) is 12.3 Å². The number of carbonyl (C=O) groups excluding carboxylic acids is 1. The minimum absolute atomic E-state index is 0.275. The number of alkyl halides is 3. The fourth-order valence-corrected chi connectivity index (χ4v) is 2.72. The van der Waals surface area contributed by atoms with Gasteiger partial charge in [0, 0.05) is 31.1 Å². The second kappa shape index (κ2) is 5.82. The quantitative estimate of drug-likeness (QED) is 0.488. The van der Waals surface area contributed by atoms with Crippen LogP contribution in [0.15, 0.2) is 29.4 Å². The van der Waals surface area contributed by atoms with Gasteiger partial charge in [-0.05, 0) is 11.6 Å². The topological polar surface area (TPSA) is 33.2 Å². The highest BCUT2D eigenvalue weighted by molar-refractivity contribution is 8.03. The lowest BCUT2D eigenvalue weighted by Gasteiger charge is -2.18. The van der Waals surface area contributed by atoms with Crippen LogP contribution in [0.4, 0.5) is 17.6 Å². The molecule has 1 aromatic heterocycles. The van der Waals surface area contributed by atoms with Gasteiger partial charge in [0.05, 0.1) is 5.03 Å². The van der Waals surface area contributed by atoms with Gasteiger partial charge in [-0.2, -0.15) is 17.6 Å². The fraction of sp³-hybridized carbons (Fsp3) is 0.333. The molecule has 1 aromatic rings. The van der Waals surface area contributed by atoms with Crippen LogP contribution in [0.5, 0.6) is 0 Å². The van der Waals surface area contributed by atoms with Crippen LogP contribution in [-0.4, -0.2) is 34.1 Å². The molecule has 1 aliphatic rings. The van der Waals surface area contributed by atoms with Crippen molar-refractivity contribution in [3.8, 4) is 0 Å². The number of thioether (sulfide) groups is 1.